The van der Waals surface area contributed by atoms with Gasteiger partial charge in [0.25, 0.3) is 0 Å². The zero-order valence-corrected chi connectivity index (χ0v) is 8.29. The van der Waals surface area contributed by atoms with Gasteiger partial charge in [0, 0.05) is 23.5 Å². The van der Waals surface area contributed by atoms with Gasteiger partial charge >= 0.3 is 0 Å². The molecule has 1 N–H and O–H groups in total. The average molecular weight is 205 g/mol. The third-order valence-corrected chi connectivity index (χ3v) is 2.50. The largest absolute Gasteiger partial charge is 0.361 e. The standard InChI is InChI=1S/C12H12FNO/c13-10-4-5-12-11(7-10)9(8-14-12)3-1-2-6-15/h4-8,14H,1-3H2. The van der Waals surface area contributed by atoms with Crippen LogP contribution in [0.15, 0.2) is 24.4 Å². The minimum atomic E-state index is -0.223. The van der Waals surface area contributed by atoms with Crippen molar-refractivity contribution in [1.29, 1.82) is 0 Å². The number of aryl methyl sites for hydroxylation is 1. The van der Waals surface area contributed by atoms with Crippen LogP contribution in [0.25, 0.3) is 10.9 Å². The Bertz CT molecular complexity index is 475. The maximum Gasteiger partial charge on any atom is 0.123 e. The van der Waals surface area contributed by atoms with E-state index in [0.29, 0.717) is 6.42 Å². The molecule has 1 aromatic carbocycles. The van der Waals surface area contributed by atoms with Crippen LogP contribution in [0.5, 0.6) is 0 Å². The lowest BCUT2D eigenvalue weighted by molar-refractivity contribution is -0.107. The molecule has 0 unspecified atom stereocenters. The van der Waals surface area contributed by atoms with Crippen molar-refractivity contribution in [3.8, 4) is 0 Å². The Hall–Kier alpha value is -1.64. The van der Waals surface area contributed by atoms with Gasteiger partial charge in [-0.15, -0.1) is 0 Å². The molecule has 3 heteroatoms. The van der Waals surface area contributed by atoms with Crippen LogP contribution in [0.3, 0.4) is 0 Å². The maximum atomic E-state index is 13.0. The molecule has 0 radical (unpaired) electrons. The lowest BCUT2D eigenvalue weighted by Gasteiger charge is -1.96. The second-order valence-corrected chi connectivity index (χ2v) is 3.56. The summed E-state index contributed by atoms with van der Waals surface area (Å²) in [6, 6.07) is 4.70. The number of H-pyrrole nitrogens is 1. The van der Waals surface area contributed by atoms with Crippen LogP contribution < -0.4 is 0 Å². The number of carbonyl (C=O) groups is 1. The summed E-state index contributed by atoms with van der Waals surface area (Å²) < 4.78 is 13.0. The van der Waals surface area contributed by atoms with Crippen molar-refractivity contribution in [2.24, 2.45) is 0 Å². The van der Waals surface area contributed by atoms with Crippen molar-refractivity contribution in [3.05, 3.63) is 35.8 Å². The van der Waals surface area contributed by atoms with Crippen molar-refractivity contribution in [1.82, 2.24) is 4.98 Å². The first-order valence-corrected chi connectivity index (χ1v) is 5.00. The van der Waals surface area contributed by atoms with E-state index >= 15 is 0 Å². The van der Waals surface area contributed by atoms with Crippen molar-refractivity contribution in [2.45, 2.75) is 19.3 Å². The number of hydrogen-bond acceptors (Lipinski definition) is 1. The molecule has 0 spiro atoms. The lowest BCUT2D eigenvalue weighted by atomic mass is 10.1. The Balaban J connectivity index is 2.27. The predicted octanol–water partition coefficient (Wildman–Crippen LogP) is 2.83. The number of halogens is 1. The molecule has 0 aliphatic rings. The van der Waals surface area contributed by atoms with E-state index in [0.717, 1.165) is 35.6 Å². The van der Waals surface area contributed by atoms with Gasteiger partial charge in [0.15, 0.2) is 0 Å². The van der Waals surface area contributed by atoms with Gasteiger partial charge in [-0.1, -0.05) is 0 Å². The van der Waals surface area contributed by atoms with E-state index in [9.17, 15) is 9.18 Å². The van der Waals surface area contributed by atoms with Crippen LogP contribution in [-0.4, -0.2) is 11.3 Å². The number of hydrogen-bond donors (Lipinski definition) is 1. The fourth-order valence-corrected chi connectivity index (χ4v) is 1.73. The average Bonchev–Trinajstić information content (AvgIpc) is 2.62. The SMILES string of the molecule is O=CCCCc1c[nH]c2ccc(F)cc12. The van der Waals surface area contributed by atoms with E-state index in [1.807, 2.05) is 6.20 Å². The normalized spacial score (nSPS) is 10.7. The molecule has 0 aliphatic carbocycles. The molecule has 0 saturated heterocycles. The summed E-state index contributed by atoms with van der Waals surface area (Å²) in [5.41, 5.74) is 2.02. The van der Waals surface area contributed by atoms with Gasteiger partial charge in [-0.3, -0.25) is 0 Å². The number of rotatable bonds is 4. The molecule has 15 heavy (non-hydrogen) atoms. The molecule has 1 heterocycles. The van der Waals surface area contributed by atoms with E-state index in [1.54, 1.807) is 6.07 Å². The van der Waals surface area contributed by atoms with E-state index in [1.165, 1.54) is 12.1 Å². The second kappa shape index (κ2) is 4.26. The Kier molecular flexibility index (Phi) is 2.81. The minimum Gasteiger partial charge on any atom is -0.361 e. The monoisotopic (exact) mass is 205 g/mol. The number of aromatic amines is 1. The Morgan fingerprint density at radius 3 is 3.07 bits per heavy atom. The number of carbonyl (C=O) groups excluding carboxylic acids is 1. The third-order valence-electron chi connectivity index (χ3n) is 2.50. The molecule has 0 bridgehead atoms. The lowest BCUT2D eigenvalue weighted by Crippen LogP contribution is -1.84. The van der Waals surface area contributed by atoms with Gasteiger partial charge in [-0.2, -0.15) is 0 Å². The molecular weight excluding hydrogens is 193 g/mol. The molecule has 0 fully saturated rings. The zero-order chi connectivity index (χ0) is 10.7. The molecule has 0 saturated carbocycles. The quantitative estimate of drug-likeness (QED) is 0.604. The van der Waals surface area contributed by atoms with Gasteiger partial charge in [-0.05, 0) is 36.6 Å². The smallest absolute Gasteiger partial charge is 0.123 e. The Morgan fingerprint density at radius 2 is 2.27 bits per heavy atom. The topological polar surface area (TPSA) is 32.9 Å². The van der Waals surface area contributed by atoms with Crippen LogP contribution in [-0.2, 0) is 11.2 Å². The zero-order valence-electron chi connectivity index (χ0n) is 8.29. The second-order valence-electron chi connectivity index (χ2n) is 3.56. The molecule has 1 aromatic heterocycles. The van der Waals surface area contributed by atoms with Gasteiger partial charge in [0.1, 0.15) is 12.1 Å². The predicted molar refractivity (Wildman–Crippen MR) is 57.3 cm³/mol. The number of fused-ring (bicyclic) bond motifs is 1. The van der Waals surface area contributed by atoms with E-state index in [4.69, 9.17) is 0 Å². The fourth-order valence-electron chi connectivity index (χ4n) is 1.73. The highest BCUT2D eigenvalue weighted by molar-refractivity contribution is 5.83. The molecule has 0 amide bonds. The van der Waals surface area contributed by atoms with E-state index < -0.39 is 0 Å². The first-order valence-electron chi connectivity index (χ1n) is 5.00. The molecular formula is C12H12FNO. The van der Waals surface area contributed by atoms with Gasteiger partial charge < -0.3 is 9.78 Å². The molecule has 78 valence electrons. The van der Waals surface area contributed by atoms with Crippen molar-refractivity contribution >= 4 is 17.2 Å². The van der Waals surface area contributed by atoms with Gasteiger partial charge in [0.2, 0.25) is 0 Å². The summed E-state index contributed by atoms with van der Waals surface area (Å²) in [7, 11) is 0. The Labute approximate surface area is 87.1 Å². The van der Waals surface area contributed by atoms with Gasteiger partial charge in [-0.25, -0.2) is 4.39 Å². The van der Waals surface area contributed by atoms with E-state index in [-0.39, 0.29) is 5.82 Å². The number of aldehydes is 1. The molecule has 0 atom stereocenters. The summed E-state index contributed by atoms with van der Waals surface area (Å²) in [5.74, 6) is -0.223. The van der Waals surface area contributed by atoms with Crippen LogP contribution in [0.1, 0.15) is 18.4 Å². The van der Waals surface area contributed by atoms with Crippen LogP contribution in [0.4, 0.5) is 4.39 Å². The van der Waals surface area contributed by atoms with E-state index in [2.05, 4.69) is 4.98 Å². The summed E-state index contributed by atoms with van der Waals surface area (Å²) >= 11 is 0. The molecule has 0 aliphatic heterocycles. The van der Waals surface area contributed by atoms with Crippen molar-refractivity contribution in [3.63, 3.8) is 0 Å². The minimum absolute atomic E-state index is 0.223. The maximum absolute atomic E-state index is 13.0. The summed E-state index contributed by atoms with van der Waals surface area (Å²) in [5, 5.41) is 0.917. The number of benzene rings is 1. The highest BCUT2D eigenvalue weighted by Gasteiger charge is 2.04. The number of nitrogens with one attached hydrogen (secondary N) is 1. The summed E-state index contributed by atoms with van der Waals surface area (Å²) in [4.78, 5) is 13.3. The molecule has 2 rings (SSSR count). The van der Waals surface area contributed by atoms with Crippen LogP contribution in [0, 0.1) is 5.82 Å². The summed E-state index contributed by atoms with van der Waals surface area (Å²) in [6.45, 7) is 0. The number of unbranched alkanes of at least 4 members (excludes halogenated alkanes) is 1. The van der Waals surface area contributed by atoms with Gasteiger partial charge in [0.05, 0.1) is 0 Å². The summed E-state index contributed by atoms with van der Waals surface area (Å²) in [6.07, 6.45) is 4.97. The number of aromatic nitrogens is 1. The molecule has 2 aromatic rings. The van der Waals surface area contributed by atoms with Crippen molar-refractivity contribution < 1.29 is 9.18 Å². The molecule has 2 nitrogen and oxygen atoms in total. The fraction of sp³-hybridized carbons (Fsp3) is 0.250. The van der Waals surface area contributed by atoms with Crippen molar-refractivity contribution in [2.75, 3.05) is 0 Å². The Morgan fingerprint density at radius 1 is 1.40 bits per heavy atom. The van der Waals surface area contributed by atoms with Crippen LogP contribution >= 0.6 is 0 Å². The third kappa shape index (κ3) is 2.06. The first-order chi connectivity index (χ1) is 7.31. The van der Waals surface area contributed by atoms with Crippen LogP contribution in [0.2, 0.25) is 0 Å². The highest BCUT2D eigenvalue weighted by atomic mass is 19.1. The first kappa shape index (κ1) is 9.90. The highest BCUT2D eigenvalue weighted by Crippen LogP contribution is 2.20.